The second-order valence-electron chi connectivity index (χ2n) is 7.30. The average molecular weight is 419 g/mol. The smallest absolute Gasteiger partial charge is 0.227 e. The number of allylic oxidation sites excluding steroid dienone is 2. The Morgan fingerprint density at radius 2 is 2.00 bits per heavy atom. The highest BCUT2D eigenvalue weighted by molar-refractivity contribution is 7.99. The number of hydrogen-bond acceptors (Lipinski definition) is 6. The van der Waals surface area contributed by atoms with Gasteiger partial charge in [-0.1, -0.05) is 55.1 Å². The van der Waals surface area contributed by atoms with E-state index in [1.165, 1.54) is 0 Å². The summed E-state index contributed by atoms with van der Waals surface area (Å²) in [5.74, 6) is 3.01. The van der Waals surface area contributed by atoms with Crippen molar-refractivity contribution in [2.75, 3.05) is 11.1 Å². The molecule has 0 amide bonds. The normalized spacial score (nSPS) is 20.0. The van der Waals surface area contributed by atoms with Crippen LogP contribution >= 0.6 is 11.8 Å². The number of hydrogen-bond donors (Lipinski definition) is 1. The fourth-order valence-corrected chi connectivity index (χ4v) is 4.62. The summed E-state index contributed by atoms with van der Waals surface area (Å²) in [6.45, 7) is 2.08. The molecule has 1 aliphatic heterocycles. The second-order valence-corrected chi connectivity index (χ2v) is 8.53. The largest absolute Gasteiger partial charge is 0.457 e. The van der Waals surface area contributed by atoms with Crippen molar-refractivity contribution in [1.82, 2.24) is 14.8 Å². The van der Waals surface area contributed by atoms with Gasteiger partial charge in [-0.3, -0.25) is 4.79 Å². The van der Waals surface area contributed by atoms with Crippen LogP contribution < -0.4 is 10.1 Å². The van der Waals surface area contributed by atoms with Crippen LogP contribution in [0.15, 0.2) is 71.5 Å². The molecule has 0 saturated heterocycles. The average Bonchev–Trinajstić information content (AvgIpc) is 3.15. The highest BCUT2D eigenvalue weighted by atomic mass is 32.2. The maximum absolute atomic E-state index is 13.0. The molecule has 0 bridgehead atoms. The molecule has 0 unspecified atom stereocenters. The Morgan fingerprint density at radius 1 is 1.17 bits per heavy atom. The number of aromatic nitrogens is 3. The predicted octanol–water partition coefficient (Wildman–Crippen LogP) is 5.06. The molecule has 0 radical (unpaired) electrons. The lowest BCUT2D eigenvalue weighted by Gasteiger charge is -2.36. The van der Waals surface area contributed by atoms with Crippen LogP contribution in [0.3, 0.4) is 0 Å². The summed E-state index contributed by atoms with van der Waals surface area (Å²) in [7, 11) is 0. The highest BCUT2D eigenvalue weighted by Crippen LogP contribution is 2.42. The minimum Gasteiger partial charge on any atom is -0.457 e. The van der Waals surface area contributed by atoms with E-state index < -0.39 is 0 Å². The molecule has 6 nitrogen and oxygen atoms in total. The number of ketones is 1. The van der Waals surface area contributed by atoms with Gasteiger partial charge in [0.25, 0.3) is 0 Å². The zero-order chi connectivity index (χ0) is 20.5. The zero-order valence-electron chi connectivity index (χ0n) is 16.6. The molecule has 1 N–H and O–H groups in total. The molecule has 30 heavy (non-hydrogen) atoms. The SMILES string of the molecule is CCSc1nc2n(n1)[C@H](c1cccc(Oc3ccccc3)c1)[C@H]1C(=O)CCC=C1N2. The van der Waals surface area contributed by atoms with Crippen LogP contribution in [-0.2, 0) is 4.79 Å². The maximum Gasteiger partial charge on any atom is 0.227 e. The lowest BCUT2D eigenvalue weighted by Crippen LogP contribution is -2.38. The van der Waals surface area contributed by atoms with Gasteiger partial charge in [-0.15, -0.1) is 5.10 Å². The van der Waals surface area contributed by atoms with E-state index in [0.29, 0.717) is 17.5 Å². The summed E-state index contributed by atoms with van der Waals surface area (Å²) in [5.41, 5.74) is 1.91. The van der Waals surface area contributed by atoms with E-state index in [2.05, 4.69) is 23.3 Å². The molecule has 2 aromatic carbocycles. The van der Waals surface area contributed by atoms with Crippen molar-refractivity contribution < 1.29 is 9.53 Å². The molecule has 2 heterocycles. The van der Waals surface area contributed by atoms with Gasteiger partial charge in [0.15, 0.2) is 0 Å². The zero-order valence-corrected chi connectivity index (χ0v) is 17.4. The Balaban J connectivity index is 1.57. The number of nitrogens with one attached hydrogen (secondary N) is 1. The second kappa shape index (κ2) is 7.99. The Labute approximate surface area is 179 Å². The maximum atomic E-state index is 13.0. The first-order valence-electron chi connectivity index (χ1n) is 10.1. The molecule has 3 aromatic rings. The minimum absolute atomic E-state index is 0.227. The monoisotopic (exact) mass is 418 g/mol. The van der Waals surface area contributed by atoms with Crippen LogP contribution in [0.2, 0.25) is 0 Å². The fourth-order valence-electron chi connectivity index (χ4n) is 4.06. The van der Waals surface area contributed by atoms with Crippen molar-refractivity contribution in [2.24, 2.45) is 5.92 Å². The third-order valence-corrected chi connectivity index (χ3v) is 6.06. The van der Waals surface area contributed by atoms with Crippen molar-refractivity contribution in [2.45, 2.75) is 31.0 Å². The molecule has 152 valence electrons. The van der Waals surface area contributed by atoms with Gasteiger partial charge in [0, 0.05) is 12.1 Å². The molecular formula is C23H22N4O2S. The fraction of sp³-hybridized carbons (Fsp3) is 0.261. The van der Waals surface area contributed by atoms with Gasteiger partial charge in [-0.25, -0.2) is 4.68 Å². The molecule has 2 aliphatic rings. The van der Waals surface area contributed by atoms with Gasteiger partial charge in [0.1, 0.15) is 17.3 Å². The summed E-state index contributed by atoms with van der Waals surface area (Å²) >= 11 is 1.59. The van der Waals surface area contributed by atoms with Gasteiger partial charge in [-0.05, 0) is 42.0 Å². The molecule has 0 fully saturated rings. The summed E-state index contributed by atoms with van der Waals surface area (Å²) in [4.78, 5) is 17.6. The first kappa shape index (κ1) is 18.9. The summed E-state index contributed by atoms with van der Waals surface area (Å²) < 4.78 is 7.91. The van der Waals surface area contributed by atoms with Crippen LogP contribution in [-0.4, -0.2) is 26.3 Å². The molecule has 2 atom stereocenters. The van der Waals surface area contributed by atoms with E-state index in [1.807, 2.05) is 59.3 Å². The summed E-state index contributed by atoms with van der Waals surface area (Å²) in [5, 5.41) is 8.79. The van der Waals surface area contributed by atoms with Crippen molar-refractivity contribution in [3.8, 4) is 11.5 Å². The van der Waals surface area contributed by atoms with E-state index in [4.69, 9.17) is 9.84 Å². The van der Waals surface area contributed by atoms with Crippen LogP contribution in [0.1, 0.15) is 31.4 Å². The number of thioether (sulfide) groups is 1. The predicted molar refractivity (Wildman–Crippen MR) is 117 cm³/mol. The van der Waals surface area contributed by atoms with Gasteiger partial charge in [-0.2, -0.15) is 4.98 Å². The number of carbonyl (C=O) groups is 1. The number of rotatable bonds is 5. The third-order valence-electron chi connectivity index (χ3n) is 5.34. The van der Waals surface area contributed by atoms with Gasteiger partial charge < -0.3 is 10.1 Å². The Kier molecular flexibility index (Phi) is 5.04. The van der Waals surface area contributed by atoms with Crippen molar-refractivity contribution >= 4 is 23.5 Å². The minimum atomic E-state index is -0.292. The first-order chi connectivity index (χ1) is 14.7. The Hall–Kier alpha value is -3.06. The molecule has 0 saturated carbocycles. The first-order valence-corrected chi connectivity index (χ1v) is 11.1. The summed E-state index contributed by atoms with van der Waals surface area (Å²) in [6, 6.07) is 17.4. The molecule has 1 aliphatic carbocycles. The van der Waals surface area contributed by atoms with Crippen LogP contribution in [0.4, 0.5) is 5.95 Å². The highest BCUT2D eigenvalue weighted by Gasteiger charge is 2.41. The number of fused-ring (bicyclic) bond motifs is 2. The number of carbonyl (C=O) groups excluding carboxylic acids is 1. The van der Waals surface area contributed by atoms with E-state index in [1.54, 1.807) is 11.8 Å². The van der Waals surface area contributed by atoms with E-state index >= 15 is 0 Å². The van der Waals surface area contributed by atoms with Crippen LogP contribution in [0, 0.1) is 5.92 Å². The quantitative estimate of drug-likeness (QED) is 0.584. The van der Waals surface area contributed by atoms with E-state index in [9.17, 15) is 4.79 Å². The van der Waals surface area contributed by atoms with E-state index in [0.717, 1.165) is 34.9 Å². The number of nitrogens with zero attached hydrogens (tertiary/aromatic N) is 3. The van der Waals surface area contributed by atoms with Gasteiger partial charge in [0.2, 0.25) is 11.1 Å². The number of anilines is 1. The van der Waals surface area contributed by atoms with Crippen molar-refractivity contribution in [3.05, 3.63) is 71.9 Å². The molecular weight excluding hydrogens is 396 g/mol. The Morgan fingerprint density at radius 3 is 2.83 bits per heavy atom. The number of benzene rings is 2. The lowest BCUT2D eigenvalue weighted by molar-refractivity contribution is -0.123. The van der Waals surface area contributed by atoms with Crippen molar-refractivity contribution in [1.29, 1.82) is 0 Å². The van der Waals surface area contributed by atoms with Gasteiger partial charge >= 0.3 is 0 Å². The third kappa shape index (κ3) is 3.50. The number of para-hydroxylation sites is 1. The van der Waals surface area contributed by atoms with Crippen LogP contribution in [0.25, 0.3) is 0 Å². The van der Waals surface area contributed by atoms with Gasteiger partial charge in [0.05, 0.1) is 12.0 Å². The van der Waals surface area contributed by atoms with Crippen molar-refractivity contribution in [3.63, 3.8) is 0 Å². The topological polar surface area (TPSA) is 69.0 Å². The summed E-state index contributed by atoms with van der Waals surface area (Å²) in [6.07, 6.45) is 3.42. The Bertz CT molecular complexity index is 1110. The number of ether oxygens (including phenoxy) is 1. The number of Topliss-reactive ketones (excluding diaryl/α,β-unsaturated/α-hetero) is 1. The molecule has 0 spiro atoms. The van der Waals surface area contributed by atoms with Crippen LogP contribution in [0.5, 0.6) is 11.5 Å². The molecule has 7 heteroatoms. The molecule has 1 aromatic heterocycles. The standard InChI is InChI=1S/C23H22N4O2S/c1-2-30-23-25-22-24-18-12-7-13-19(28)20(18)21(27(22)26-23)15-8-6-11-17(14-15)29-16-9-4-3-5-10-16/h3-6,8-12,14,20-21H,2,7,13H2,1H3,(H,24,25,26)/t20-,21-/m1/s1. The van der Waals surface area contributed by atoms with E-state index in [-0.39, 0.29) is 17.7 Å². The lowest BCUT2D eigenvalue weighted by atomic mass is 9.81. The molecule has 5 rings (SSSR count).